The van der Waals surface area contributed by atoms with Crippen LogP contribution in [0.5, 0.6) is 0 Å². The number of aromatic nitrogens is 1. The Hall–Kier alpha value is -1.06. The molecule has 0 N–H and O–H groups in total. The Bertz CT molecular complexity index is 529. The van der Waals surface area contributed by atoms with Crippen molar-refractivity contribution in [3.8, 4) is 0 Å². The van der Waals surface area contributed by atoms with Crippen molar-refractivity contribution < 1.29 is 0 Å². The smallest absolute Gasteiger partial charge is 0.299 e. The second kappa shape index (κ2) is 4.21. The van der Waals surface area contributed by atoms with Gasteiger partial charge in [0.05, 0.1) is 6.54 Å². The highest BCUT2D eigenvalue weighted by Crippen LogP contribution is 2.16. The molecule has 0 unspecified atom stereocenters. The van der Waals surface area contributed by atoms with E-state index >= 15 is 0 Å². The first kappa shape index (κ1) is 10.5. The number of hydrogen-bond acceptors (Lipinski definition) is 2. The molecule has 4 heteroatoms. The first-order valence-electron chi connectivity index (χ1n) is 4.57. The Morgan fingerprint density at radius 1 is 1.40 bits per heavy atom. The fourth-order valence-electron chi connectivity index (χ4n) is 1.39. The monoisotopic (exact) mass is 239 g/mol. The molecule has 0 radical (unpaired) electrons. The number of benzene rings is 1. The van der Waals surface area contributed by atoms with Crippen LogP contribution in [0.25, 0.3) is 0 Å². The van der Waals surface area contributed by atoms with E-state index in [9.17, 15) is 4.79 Å². The number of hydrogen-bond donors (Lipinski definition) is 0. The van der Waals surface area contributed by atoms with Gasteiger partial charge in [-0.25, -0.2) is 0 Å². The highest BCUT2D eigenvalue weighted by atomic mass is 35.5. The van der Waals surface area contributed by atoms with Crippen molar-refractivity contribution in [3.05, 3.63) is 55.6 Å². The molecule has 2 nitrogen and oxygen atoms in total. The van der Waals surface area contributed by atoms with Crippen molar-refractivity contribution in [1.29, 1.82) is 0 Å². The molecule has 2 aromatic rings. The van der Waals surface area contributed by atoms with Crippen molar-refractivity contribution in [3.63, 3.8) is 0 Å². The molecule has 0 saturated heterocycles. The summed E-state index contributed by atoms with van der Waals surface area (Å²) in [5.74, 6) is 0. The largest absolute Gasteiger partial charge is 0.307 e. The summed E-state index contributed by atoms with van der Waals surface area (Å²) in [5.41, 5.74) is 1.95. The van der Waals surface area contributed by atoms with E-state index in [0.29, 0.717) is 11.6 Å². The van der Waals surface area contributed by atoms with Crippen molar-refractivity contribution in [2.75, 3.05) is 0 Å². The highest BCUT2D eigenvalue weighted by molar-refractivity contribution is 7.07. The van der Waals surface area contributed by atoms with Crippen LogP contribution in [0.4, 0.5) is 0 Å². The Kier molecular flexibility index (Phi) is 2.93. The second-order valence-electron chi connectivity index (χ2n) is 3.32. The Balaban J connectivity index is 2.38. The lowest BCUT2D eigenvalue weighted by atomic mass is 10.2. The van der Waals surface area contributed by atoms with E-state index < -0.39 is 0 Å². The standard InChI is InChI=1S/C11H10ClNOS/c1-8-7-15-11(14)13(8)6-9-4-2-3-5-10(9)12/h2-5,7H,6H2,1H3. The summed E-state index contributed by atoms with van der Waals surface area (Å²) in [4.78, 5) is 11.6. The highest BCUT2D eigenvalue weighted by Gasteiger charge is 2.05. The molecule has 0 amide bonds. The molecule has 0 aliphatic carbocycles. The van der Waals surface area contributed by atoms with Crippen LogP contribution in [0.3, 0.4) is 0 Å². The molecule has 0 aliphatic rings. The fraction of sp³-hybridized carbons (Fsp3) is 0.182. The zero-order valence-electron chi connectivity index (χ0n) is 8.24. The van der Waals surface area contributed by atoms with Gasteiger partial charge in [0.15, 0.2) is 0 Å². The van der Waals surface area contributed by atoms with Crippen molar-refractivity contribution >= 4 is 22.9 Å². The molecule has 0 spiro atoms. The molecule has 0 saturated carbocycles. The van der Waals surface area contributed by atoms with E-state index in [-0.39, 0.29) is 4.87 Å². The average molecular weight is 240 g/mol. The second-order valence-corrected chi connectivity index (χ2v) is 4.55. The van der Waals surface area contributed by atoms with Gasteiger partial charge in [0.2, 0.25) is 0 Å². The maximum absolute atomic E-state index is 11.5. The quantitative estimate of drug-likeness (QED) is 0.790. The van der Waals surface area contributed by atoms with E-state index in [1.807, 2.05) is 36.6 Å². The lowest BCUT2D eigenvalue weighted by Gasteiger charge is -2.05. The topological polar surface area (TPSA) is 22.0 Å². The lowest BCUT2D eigenvalue weighted by Crippen LogP contribution is -2.15. The normalized spacial score (nSPS) is 10.5. The minimum atomic E-state index is 0.0624. The molecular weight excluding hydrogens is 230 g/mol. The van der Waals surface area contributed by atoms with E-state index in [1.165, 1.54) is 11.3 Å². The van der Waals surface area contributed by atoms with Crippen molar-refractivity contribution in [1.82, 2.24) is 4.57 Å². The van der Waals surface area contributed by atoms with Crippen LogP contribution < -0.4 is 4.87 Å². The van der Waals surface area contributed by atoms with Gasteiger partial charge in [-0.15, -0.1) is 0 Å². The van der Waals surface area contributed by atoms with Gasteiger partial charge < -0.3 is 0 Å². The number of halogens is 1. The van der Waals surface area contributed by atoms with Gasteiger partial charge in [0.25, 0.3) is 0 Å². The lowest BCUT2D eigenvalue weighted by molar-refractivity contribution is 0.755. The third-order valence-corrected chi connectivity index (χ3v) is 3.51. The number of aryl methyl sites for hydroxylation is 1. The summed E-state index contributed by atoms with van der Waals surface area (Å²) in [5, 5.41) is 2.56. The molecule has 0 bridgehead atoms. The Labute approximate surface area is 96.8 Å². The number of rotatable bonds is 2. The summed E-state index contributed by atoms with van der Waals surface area (Å²) in [6, 6.07) is 7.58. The molecule has 0 aliphatic heterocycles. The fourth-order valence-corrected chi connectivity index (χ4v) is 2.32. The number of thiazole rings is 1. The van der Waals surface area contributed by atoms with Gasteiger partial charge in [-0.3, -0.25) is 9.36 Å². The summed E-state index contributed by atoms with van der Waals surface area (Å²) in [6.45, 7) is 2.47. The van der Waals surface area contributed by atoms with Gasteiger partial charge in [0.1, 0.15) is 0 Å². The summed E-state index contributed by atoms with van der Waals surface area (Å²) >= 11 is 7.25. The zero-order chi connectivity index (χ0) is 10.8. The first-order chi connectivity index (χ1) is 7.18. The summed E-state index contributed by atoms with van der Waals surface area (Å²) in [6.07, 6.45) is 0. The van der Waals surface area contributed by atoms with Gasteiger partial charge in [-0.05, 0) is 18.6 Å². The van der Waals surface area contributed by atoms with Gasteiger partial charge in [-0.1, -0.05) is 41.1 Å². The van der Waals surface area contributed by atoms with E-state index in [4.69, 9.17) is 11.6 Å². The van der Waals surface area contributed by atoms with Crippen LogP contribution in [-0.2, 0) is 6.54 Å². The van der Waals surface area contributed by atoms with Gasteiger partial charge in [-0.2, -0.15) is 0 Å². The Morgan fingerprint density at radius 3 is 2.73 bits per heavy atom. The zero-order valence-corrected chi connectivity index (χ0v) is 9.81. The predicted octanol–water partition coefficient (Wildman–Crippen LogP) is 2.92. The minimum Gasteiger partial charge on any atom is -0.299 e. The maximum atomic E-state index is 11.5. The molecule has 0 fully saturated rings. The van der Waals surface area contributed by atoms with Crippen LogP contribution in [-0.4, -0.2) is 4.57 Å². The molecule has 15 heavy (non-hydrogen) atoms. The SMILES string of the molecule is Cc1csc(=O)n1Cc1ccccc1Cl. The van der Waals surface area contributed by atoms with Crippen LogP contribution >= 0.6 is 22.9 Å². The third-order valence-electron chi connectivity index (χ3n) is 2.26. The maximum Gasteiger partial charge on any atom is 0.307 e. The van der Waals surface area contributed by atoms with Crippen LogP contribution in [0.15, 0.2) is 34.4 Å². The van der Waals surface area contributed by atoms with Crippen LogP contribution in [0, 0.1) is 6.92 Å². The number of nitrogens with zero attached hydrogens (tertiary/aromatic N) is 1. The molecule has 1 aromatic carbocycles. The summed E-state index contributed by atoms with van der Waals surface area (Å²) in [7, 11) is 0. The van der Waals surface area contributed by atoms with Crippen LogP contribution in [0.1, 0.15) is 11.3 Å². The predicted molar refractivity (Wildman–Crippen MR) is 63.9 cm³/mol. The average Bonchev–Trinajstić information content (AvgIpc) is 2.53. The molecule has 0 atom stereocenters. The molecule has 2 rings (SSSR count). The van der Waals surface area contributed by atoms with Gasteiger partial charge in [0, 0.05) is 16.1 Å². The third kappa shape index (κ3) is 2.13. The van der Waals surface area contributed by atoms with Crippen molar-refractivity contribution in [2.24, 2.45) is 0 Å². The summed E-state index contributed by atoms with van der Waals surface area (Å²) < 4.78 is 1.73. The van der Waals surface area contributed by atoms with E-state index in [1.54, 1.807) is 4.57 Å². The van der Waals surface area contributed by atoms with Gasteiger partial charge >= 0.3 is 4.87 Å². The minimum absolute atomic E-state index is 0.0624. The molecule has 78 valence electrons. The van der Waals surface area contributed by atoms with E-state index in [2.05, 4.69) is 0 Å². The Morgan fingerprint density at radius 2 is 2.13 bits per heavy atom. The molecule has 1 aromatic heterocycles. The molecule has 1 heterocycles. The first-order valence-corrected chi connectivity index (χ1v) is 5.82. The van der Waals surface area contributed by atoms with Crippen molar-refractivity contribution in [2.45, 2.75) is 13.5 Å². The van der Waals surface area contributed by atoms with E-state index in [0.717, 1.165) is 11.3 Å². The molecular formula is C11H10ClNOS. The van der Waals surface area contributed by atoms with Crippen LogP contribution in [0.2, 0.25) is 5.02 Å².